The van der Waals surface area contributed by atoms with Crippen LogP contribution in [0.4, 0.5) is 5.69 Å². The Morgan fingerprint density at radius 3 is 3.00 bits per heavy atom. The van der Waals surface area contributed by atoms with Crippen molar-refractivity contribution in [2.45, 2.75) is 32.6 Å². The number of aromatic amines is 1. The number of nitrogens with one attached hydrogen (secondary N) is 1. The lowest BCUT2D eigenvalue weighted by atomic mass is 10.2. The molecular formula is C12H17N3. The van der Waals surface area contributed by atoms with Crippen molar-refractivity contribution in [1.82, 2.24) is 9.97 Å². The monoisotopic (exact) mass is 203 g/mol. The molecule has 0 bridgehead atoms. The van der Waals surface area contributed by atoms with Gasteiger partial charge in [0, 0.05) is 12.1 Å². The van der Waals surface area contributed by atoms with Gasteiger partial charge in [-0.2, -0.15) is 0 Å². The van der Waals surface area contributed by atoms with Gasteiger partial charge >= 0.3 is 0 Å². The van der Waals surface area contributed by atoms with E-state index in [9.17, 15) is 0 Å². The number of nitrogens with zero attached hydrogens (tertiary/aromatic N) is 1. The van der Waals surface area contributed by atoms with E-state index in [1.54, 1.807) is 0 Å². The van der Waals surface area contributed by atoms with Crippen molar-refractivity contribution in [2.75, 3.05) is 5.73 Å². The van der Waals surface area contributed by atoms with Crippen LogP contribution in [0.1, 0.15) is 32.0 Å². The molecule has 0 amide bonds. The zero-order valence-corrected chi connectivity index (χ0v) is 9.09. The van der Waals surface area contributed by atoms with Gasteiger partial charge in [0.05, 0.1) is 11.0 Å². The highest BCUT2D eigenvalue weighted by Crippen LogP contribution is 2.15. The van der Waals surface area contributed by atoms with Crippen molar-refractivity contribution >= 4 is 16.7 Å². The Morgan fingerprint density at radius 1 is 1.33 bits per heavy atom. The molecule has 1 aromatic carbocycles. The maximum atomic E-state index is 5.71. The molecule has 3 nitrogen and oxygen atoms in total. The van der Waals surface area contributed by atoms with Gasteiger partial charge in [-0.15, -0.1) is 0 Å². The van der Waals surface area contributed by atoms with Crippen LogP contribution in [0.15, 0.2) is 18.2 Å². The van der Waals surface area contributed by atoms with Crippen LogP contribution < -0.4 is 5.73 Å². The number of unbranched alkanes of at least 4 members (excludes halogenated alkanes) is 2. The van der Waals surface area contributed by atoms with Gasteiger partial charge in [0.1, 0.15) is 5.82 Å². The summed E-state index contributed by atoms with van der Waals surface area (Å²) in [6, 6.07) is 5.79. The number of rotatable bonds is 4. The van der Waals surface area contributed by atoms with E-state index < -0.39 is 0 Å². The number of nitrogen functional groups attached to an aromatic ring is 1. The predicted octanol–water partition coefficient (Wildman–Crippen LogP) is 2.88. The summed E-state index contributed by atoms with van der Waals surface area (Å²) in [6.45, 7) is 2.21. The molecule has 0 aliphatic heterocycles. The highest BCUT2D eigenvalue weighted by molar-refractivity contribution is 5.78. The molecule has 1 heterocycles. The molecule has 3 N–H and O–H groups in total. The molecule has 0 atom stereocenters. The molecule has 0 aliphatic carbocycles. The zero-order chi connectivity index (χ0) is 10.7. The number of hydrogen-bond donors (Lipinski definition) is 2. The van der Waals surface area contributed by atoms with Crippen molar-refractivity contribution in [3.63, 3.8) is 0 Å². The van der Waals surface area contributed by atoms with Crippen molar-refractivity contribution in [2.24, 2.45) is 0 Å². The van der Waals surface area contributed by atoms with Crippen LogP contribution in [-0.4, -0.2) is 9.97 Å². The van der Waals surface area contributed by atoms with Gasteiger partial charge < -0.3 is 10.7 Å². The second-order valence-corrected chi connectivity index (χ2v) is 3.92. The lowest BCUT2D eigenvalue weighted by molar-refractivity contribution is 0.700. The molecule has 0 spiro atoms. The lowest BCUT2D eigenvalue weighted by Crippen LogP contribution is -1.87. The van der Waals surface area contributed by atoms with Gasteiger partial charge in [-0.1, -0.05) is 19.8 Å². The number of fused-ring (bicyclic) bond motifs is 1. The lowest BCUT2D eigenvalue weighted by Gasteiger charge is -1.93. The van der Waals surface area contributed by atoms with Gasteiger partial charge in [-0.05, 0) is 24.6 Å². The van der Waals surface area contributed by atoms with E-state index in [-0.39, 0.29) is 0 Å². The summed E-state index contributed by atoms with van der Waals surface area (Å²) in [5.74, 6) is 1.07. The van der Waals surface area contributed by atoms with Crippen LogP contribution in [0.25, 0.3) is 11.0 Å². The zero-order valence-electron chi connectivity index (χ0n) is 9.09. The molecule has 2 aromatic rings. The maximum Gasteiger partial charge on any atom is 0.107 e. The predicted molar refractivity (Wildman–Crippen MR) is 63.7 cm³/mol. The Labute approximate surface area is 89.7 Å². The third-order valence-corrected chi connectivity index (χ3v) is 2.57. The summed E-state index contributed by atoms with van der Waals surface area (Å²) in [5.41, 5.74) is 8.54. The Bertz CT molecular complexity index is 445. The molecule has 1 aromatic heterocycles. The molecule has 2 rings (SSSR count). The van der Waals surface area contributed by atoms with Crippen LogP contribution in [0, 0.1) is 0 Å². The van der Waals surface area contributed by atoms with Crippen LogP contribution in [0.3, 0.4) is 0 Å². The number of nitrogens with two attached hydrogens (primary N) is 1. The summed E-state index contributed by atoms with van der Waals surface area (Å²) in [6.07, 6.45) is 4.74. The van der Waals surface area contributed by atoms with Crippen LogP contribution in [-0.2, 0) is 6.42 Å². The second-order valence-electron chi connectivity index (χ2n) is 3.92. The summed E-state index contributed by atoms with van der Waals surface area (Å²) in [7, 11) is 0. The van der Waals surface area contributed by atoms with Crippen molar-refractivity contribution in [1.29, 1.82) is 0 Å². The average molecular weight is 203 g/mol. The largest absolute Gasteiger partial charge is 0.399 e. The minimum Gasteiger partial charge on any atom is -0.399 e. The Morgan fingerprint density at radius 2 is 2.20 bits per heavy atom. The first-order valence-electron chi connectivity index (χ1n) is 5.53. The normalized spacial score (nSPS) is 11.0. The topological polar surface area (TPSA) is 54.7 Å². The number of imidazole rings is 1. The third-order valence-electron chi connectivity index (χ3n) is 2.57. The molecule has 3 heteroatoms. The van der Waals surface area contributed by atoms with E-state index >= 15 is 0 Å². The first-order chi connectivity index (χ1) is 7.29. The minimum absolute atomic E-state index is 0.784. The number of hydrogen-bond acceptors (Lipinski definition) is 2. The highest BCUT2D eigenvalue weighted by atomic mass is 14.9. The quantitative estimate of drug-likeness (QED) is 0.593. The van der Waals surface area contributed by atoms with Gasteiger partial charge in [0.15, 0.2) is 0 Å². The standard InChI is InChI=1S/C12H17N3/c1-2-3-4-5-12-14-10-7-6-9(13)8-11(10)15-12/h6-8H,2-5,13H2,1H3,(H,14,15). The minimum atomic E-state index is 0.784. The summed E-state index contributed by atoms with van der Waals surface area (Å²) in [5, 5.41) is 0. The van der Waals surface area contributed by atoms with E-state index in [0.29, 0.717) is 0 Å². The van der Waals surface area contributed by atoms with Gasteiger partial charge in [-0.3, -0.25) is 0 Å². The van der Waals surface area contributed by atoms with Gasteiger partial charge in [0.2, 0.25) is 0 Å². The van der Waals surface area contributed by atoms with E-state index in [0.717, 1.165) is 29.0 Å². The highest BCUT2D eigenvalue weighted by Gasteiger charge is 2.02. The van der Waals surface area contributed by atoms with Crippen molar-refractivity contribution in [3.05, 3.63) is 24.0 Å². The molecule has 0 aliphatic rings. The molecule has 0 fully saturated rings. The first-order valence-corrected chi connectivity index (χ1v) is 5.53. The number of aryl methyl sites for hydroxylation is 1. The van der Waals surface area contributed by atoms with E-state index in [1.165, 1.54) is 19.3 Å². The summed E-state index contributed by atoms with van der Waals surface area (Å²) in [4.78, 5) is 7.82. The van der Waals surface area contributed by atoms with Crippen LogP contribution >= 0.6 is 0 Å². The third kappa shape index (κ3) is 2.29. The molecule has 80 valence electrons. The SMILES string of the molecule is CCCCCc1nc2ccc(N)cc2[nH]1. The van der Waals surface area contributed by atoms with E-state index in [2.05, 4.69) is 16.9 Å². The Hall–Kier alpha value is -1.51. The fourth-order valence-electron chi connectivity index (χ4n) is 1.74. The average Bonchev–Trinajstić information content (AvgIpc) is 2.60. The van der Waals surface area contributed by atoms with Crippen LogP contribution in [0.5, 0.6) is 0 Å². The molecular weight excluding hydrogens is 186 g/mol. The van der Waals surface area contributed by atoms with Gasteiger partial charge in [0.25, 0.3) is 0 Å². The van der Waals surface area contributed by atoms with E-state index in [4.69, 9.17) is 5.73 Å². The molecule has 0 radical (unpaired) electrons. The number of benzene rings is 1. The molecule has 0 saturated heterocycles. The van der Waals surface area contributed by atoms with E-state index in [1.807, 2.05) is 18.2 Å². The molecule has 0 saturated carbocycles. The van der Waals surface area contributed by atoms with Crippen molar-refractivity contribution < 1.29 is 0 Å². The fourth-order valence-corrected chi connectivity index (χ4v) is 1.74. The first kappa shape index (κ1) is 10.0. The Balaban J connectivity index is 2.16. The molecule has 15 heavy (non-hydrogen) atoms. The second kappa shape index (κ2) is 4.34. The summed E-state index contributed by atoms with van der Waals surface area (Å²) < 4.78 is 0. The fraction of sp³-hybridized carbons (Fsp3) is 0.417. The van der Waals surface area contributed by atoms with Gasteiger partial charge in [-0.25, -0.2) is 4.98 Å². The number of H-pyrrole nitrogens is 1. The maximum absolute atomic E-state index is 5.71. The van der Waals surface area contributed by atoms with Crippen molar-refractivity contribution in [3.8, 4) is 0 Å². The smallest absolute Gasteiger partial charge is 0.107 e. The number of anilines is 1. The molecule has 0 unspecified atom stereocenters. The number of aromatic nitrogens is 2. The Kier molecular flexibility index (Phi) is 2.90. The summed E-state index contributed by atoms with van der Waals surface area (Å²) >= 11 is 0. The van der Waals surface area contributed by atoms with Crippen LogP contribution in [0.2, 0.25) is 0 Å².